The maximum Gasteiger partial charge on any atom is 0.254 e. The lowest BCUT2D eigenvalue weighted by Gasteiger charge is -2.24. The third-order valence-corrected chi connectivity index (χ3v) is 6.00. The molecule has 0 saturated carbocycles. The van der Waals surface area contributed by atoms with Gasteiger partial charge in [0.1, 0.15) is 6.04 Å². The molecular formula is C24H24N4O2S. The van der Waals surface area contributed by atoms with E-state index < -0.39 is 6.04 Å². The third-order valence-electron chi connectivity index (χ3n) is 5.13. The Balaban J connectivity index is 1.40. The first kappa shape index (κ1) is 21.1. The van der Waals surface area contributed by atoms with Gasteiger partial charge < -0.3 is 10.2 Å². The van der Waals surface area contributed by atoms with E-state index in [4.69, 9.17) is 0 Å². The van der Waals surface area contributed by atoms with Crippen molar-refractivity contribution in [1.29, 1.82) is 0 Å². The highest BCUT2D eigenvalue weighted by Crippen LogP contribution is 2.27. The van der Waals surface area contributed by atoms with Crippen molar-refractivity contribution in [3.05, 3.63) is 77.6 Å². The van der Waals surface area contributed by atoms with Gasteiger partial charge in [-0.1, -0.05) is 18.2 Å². The fraction of sp³-hybridized carbons (Fsp3) is 0.250. The monoisotopic (exact) mass is 432 g/mol. The van der Waals surface area contributed by atoms with Crippen LogP contribution in [0.4, 0.5) is 5.69 Å². The predicted octanol–water partition coefficient (Wildman–Crippen LogP) is 4.49. The van der Waals surface area contributed by atoms with Gasteiger partial charge in [0.05, 0.1) is 0 Å². The van der Waals surface area contributed by atoms with Gasteiger partial charge in [-0.15, -0.1) is 0 Å². The molecule has 7 heteroatoms. The maximum atomic E-state index is 12.9. The van der Waals surface area contributed by atoms with Crippen LogP contribution in [-0.2, 0) is 4.79 Å². The Morgan fingerprint density at radius 2 is 1.68 bits per heavy atom. The molecule has 2 amide bonds. The van der Waals surface area contributed by atoms with Gasteiger partial charge in [-0.3, -0.25) is 9.59 Å². The Labute approximate surface area is 186 Å². The Kier molecular flexibility index (Phi) is 6.32. The number of aromatic nitrogens is 2. The summed E-state index contributed by atoms with van der Waals surface area (Å²) in [6.07, 6.45) is 1.49. The summed E-state index contributed by atoms with van der Waals surface area (Å²) in [5.41, 5.74) is 3.18. The second-order valence-corrected chi connectivity index (χ2v) is 8.61. The standard InChI is InChI=1S/C24H24N4O2S/c1-16-15-17(2)26-24(25-16)31-20-12-10-19(11-13-20)27-22(29)21-9-6-14-28(21)23(30)18-7-4-3-5-8-18/h3-5,7-8,10-13,15,21H,6,9,14H2,1-2H3,(H,27,29)/t21-/m0/s1. The van der Waals surface area contributed by atoms with Gasteiger partial charge in [-0.05, 0) is 80.9 Å². The minimum absolute atomic E-state index is 0.0987. The zero-order valence-electron chi connectivity index (χ0n) is 17.5. The molecule has 0 spiro atoms. The topological polar surface area (TPSA) is 75.2 Å². The lowest BCUT2D eigenvalue weighted by Crippen LogP contribution is -2.43. The number of nitrogens with one attached hydrogen (secondary N) is 1. The van der Waals surface area contributed by atoms with Crippen LogP contribution in [0.2, 0.25) is 0 Å². The molecule has 158 valence electrons. The van der Waals surface area contributed by atoms with Crippen LogP contribution in [0.5, 0.6) is 0 Å². The van der Waals surface area contributed by atoms with Crippen LogP contribution < -0.4 is 5.32 Å². The summed E-state index contributed by atoms with van der Waals surface area (Å²) in [6, 6.07) is 18.2. The van der Waals surface area contributed by atoms with Gasteiger partial charge in [0, 0.05) is 34.1 Å². The van der Waals surface area contributed by atoms with Crippen LogP contribution in [0.1, 0.15) is 34.6 Å². The first-order valence-corrected chi connectivity index (χ1v) is 11.1. The molecule has 2 aromatic carbocycles. The molecule has 1 aliphatic rings. The van der Waals surface area contributed by atoms with Crippen molar-refractivity contribution in [2.24, 2.45) is 0 Å². The molecule has 2 heterocycles. The van der Waals surface area contributed by atoms with Crippen LogP contribution in [0.15, 0.2) is 70.7 Å². The van der Waals surface area contributed by atoms with E-state index in [1.54, 1.807) is 17.0 Å². The Morgan fingerprint density at radius 1 is 1.00 bits per heavy atom. The number of nitrogens with zero attached hydrogens (tertiary/aromatic N) is 3. The smallest absolute Gasteiger partial charge is 0.254 e. The van der Waals surface area contributed by atoms with Crippen LogP contribution in [0, 0.1) is 13.8 Å². The summed E-state index contributed by atoms with van der Waals surface area (Å²) in [5.74, 6) is -0.252. The minimum Gasteiger partial charge on any atom is -0.327 e. The zero-order chi connectivity index (χ0) is 21.8. The minimum atomic E-state index is -0.453. The number of rotatable bonds is 5. The molecule has 31 heavy (non-hydrogen) atoms. The largest absolute Gasteiger partial charge is 0.327 e. The number of benzene rings is 2. The molecule has 1 saturated heterocycles. The third kappa shape index (κ3) is 5.11. The Bertz CT molecular complexity index is 1070. The van der Waals surface area contributed by atoms with Crippen molar-refractivity contribution < 1.29 is 9.59 Å². The van der Waals surface area contributed by atoms with Crippen molar-refractivity contribution in [3.63, 3.8) is 0 Å². The lowest BCUT2D eigenvalue weighted by atomic mass is 10.1. The molecule has 4 rings (SSSR count). The van der Waals surface area contributed by atoms with E-state index in [1.165, 1.54) is 11.8 Å². The first-order chi connectivity index (χ1) is 15.0. The van der Waals surface area contributed by atoms with E-state index in [-0.39, 0.29) is 11.8 Å². The number of hydrogen-bond acceptors (Lipinski definition) is 5. The molecule has 3 aromatic rings. The summed E-state index contributed by atoms with van der Waals surface area (Å²) >= 11 is 1.48. The SMILES string of the molecule is Cc1cc(C)nc(Sc2ccc(NC(=O)[C@@H]3CCCN3C(=O)c3ccccc3)cc2)n1. The Hall–Kier alpha value is -3.19. The fourth-order valence-electron chi connectivity index (χ4n) is 3.71. The van der Waals surface area contributed by atoms with Crippen LogP contribution in [-0.4, -0.2) is 39.3 Å². The quantitative estimate of drug-likeness (QED) is 0.602. The van der Waals surface area contributed by atoms with Gasteiger partial charge >= 0.3 is 0 Å². The summed E-state index contributed by atoms with van der Waals surface area (Å²) in [4.78, 5) is 37.3. The second-order valence-electron chi connectivity index (χ2n) is 7.57. The molecule has 0 aliphatic carbocycles. The highest BCUT2D eigenvalue weighted by atomic mass is 32.2. The molecule has 0 radical (unpaired) electrons. The van der Waals surface area contributed by atoms with Gasteiger partial charge in [0.25, 0.3) is 5.91 Å². The number of amides is 2. The number of carbonyl (C=O) groups is 2. The van der Waals surface area contributed by atoms with E-state index >= 15 is 0 Å². The lowest BCUT2D eigenvalue weighted by molar-refractivity contribution is -0.119. The highest BCUT2D eigenvalue weighted by molar-refractivity contribution is 7.99. The number of aryl methyl sites for hydroxylation is 2. The highest BCUT2D eigenvalue weighted by Gasteiger charge is 2.34. The predicted molar refractivity (Wildman–Crippen MR) is 121 cm³/mol. The molecule has 1 aliphatic heterocycles. The molecule has 0 bridgehead atoms. The molecule has 6 nitrogen and oxygen atoms in total. The summed E-state index contributed by atoms with van der Waals surface area (Å²) in [6.45, 7) is 4.50. The average molecular weight is 433 g/mol. The van der Waals surface area contributed by atoms with Crippen LogP contribution >= 0.6 is 11.8 Å². The zero-order valence-corrected chi connectivity index (χ0v) is 18.4. The molecule has 0 unspecified atom stereocenters. The number of hydrogen-bond donors (Lipinski definition) is 1. The van der Waals surface area contributed by atoms with Crippen molar-refractivity contribution in [1.82, 2.24) is 14.9 Å². The fourth-order valence-corrected chi connectivity index (χ4v) is 4.57. The number of carbonyl (C=O) groups excluding carboxylic acids is 2. The molecular weight excluding hydrogens is 408 g/mol. The molecule has 1 fully saturated rings. The summed E-state index contributed by atoms with van der Waals surface area (Å²) in [7, 11) is 0. The maximum absolute atomic E-state index is 12.9. The van der Waals surface area contributed by atoms with Crippen molar-refractivity contribution in [3.8, 4) is 0 Å². The first-order valence-electron chi connectivity index (χ1n) is 10.3. The number of likely N-dealkylation sites (tertiary alicyclic amines) is 1. The second kappa shape index (κ2) is 9.31. The molecule has 1 aromatic heterocycles. The molecule has 1 N–H and O–H groups in total. The summed E-state index contributed by atoms with van der Waals surface area (Å²) in [5, 5.41) is 3.66. The average Bonchev–Trinajstić information content (AvgIpc) is 3.25. The van der Waals surface area contributed by atoms with E-state index in [0.29, 0.717) is 29.4 Å². The van der Waals surface area contributed by atoms with Crippen molar-refractivity contribution in [2.75, 3.05) is 11.9 Å². The van der Waals surface area contributed by atoms with Gasteiger partial charge in [0.15, 0.2) is 5.16 Å². The van der Waals surface area contributed by atoms with Gasteiger partial charge in [0.2, 0.25) is 5.91 Å². The van der Waals surface area contributed by atoms with Crippen LogP contribution in [0.25, 0.3) is 0 Å². The van der Waals surface area contributed by atoms with E-state index in [9.17, 15) is 9.59 Å². The van der Waals surface area contributed by atoms with Crippen molar-refractivity contribution >= 4 is 29.3 Å². The summed E-state index contributed by atoms with van der Waals surface area (Å²) < 4.78 is 0. The molecule has 1 atom stereocenters. The van der Waals surface area contributed by atoms with Crippen molar-refractivity contribution in [2.45, 2.75) is 42.8 Å². The van der Waals surface area contributed by atoms with E-state index in [0.717, 1.165) is 22.7 Å². The van der Waals surface area contributed by atoms with Crippen LogP contribution in [0.3, 0.4) is 0 Å². The Morgan fingerprint density at radius 3 is 2.35 bits per heavy atom. The van der Waals surface area contributed by atoms with Gasteiger partial charge in [-0.2, -0.15) is 0 Å². The normalized spacial score (nSPS) is 15.7. The number of anilines is 1. The van der Waals surface area contributed by atoms with Gasteiger partial charge in [-0.25, -0.2) is 9.97 Å². The van der Waals surface area contributed by atoms with E-state index in [2.05, 4.69) is 15.3 Å². The van der Waals surface area contributed by atoms with E-state index in [1.807, 2.05) is 62.4 Å².